The summed E-state index contributed by atoms with van der Waals surface area (Å²) in [6, 6.07) is 17.5. The molecule has 7 heteroatoms. The highest BCUT2D eigenvalue weighted by Gasteiger charge is 2.20. The van der Waals surface area contributed by atoms with E-state index >= 15 is 0 Å². The molecule has 0 saturated heterocycles. The van der Waals surface area contributed by atoms with Crippen LogP contribution in [0.4, 0.5) is 15.9 Å². The number of anilines is 2. The van der Waals surface area contributed by atoms with Crippen LogP contribution in [0.5, 0.6) is 0 Å². The van der Waals surface area contributed by atoms with Gasteiger partial charge in [0.05, 0.1) is 5.56 Å². The highest BCUT2D eigenvalue weighted by atomic mass is 19.1. The van der Waals surface area contributed by atoms with Crippen molar-refractivity contribution in [2.24, 2.45) is 0 Å². The lowest BCUT2D eigenvalue weighted by atomic mass is 9.99. The summed E-state index contributed by atoms with van der Waals surface area (Å²) in [5.74, 6) is -0.225. The minimum absolute atomic E-state index is 0.101. The van der Waals surface area contributed by atoms with Crippen molar-refractivity contribution in [2.75, 3.05) is 18.4 Å². The molecule has 0 saturated carbocycles. The summed E-state index contributed by atoms with van der Waals surface area (Å²) in [5.41, 5.74) is 3.38. The summed E-state index contributed by atoms with van der Waals surface area (Å²) in [6.45, 7) is 1.75. The fraction of sp³-hybridized carbons (Fsp3) is 0.240. The monoisotopic (exact) mass is 432 g/mol. The van der Waals surface area contributed by atoms with Crippen molar-refractivity contribution in [3.8, 4) is 0 Å². The Morgan fingerprint density at radius 1 is 1.03 bits per heavy atom. The Labute approximate surface area is 186 Å². The maximum atomic E-state index is 13.4. The smallest absolute Gasteiger partial charge is 0.255 e. The predicted octanol–water partition coefficient (Wildman–Crippen LogP) is 4.06. The third kappa shape index (κ3) is 5.29. The number of rotatable bonds is 7. The number of halogens is 1. The number of aromatic nitrogens is 1. The molecule has 2 heterocycles. The predicted molar refractivity (Wildman–Crippen MR) is 121 cm³/mol. The molecule has 1 aliphatic rings. The number of fused-ring (bicyclic) bond motifs is 1. The van der Waals surface area contributed by atoms with Crippen LogP contribution in [0.1, 0.15) is 34.3 Å². The van der Waals surface area contributed by atoms with Gasteiger partial charge in [0.1, 0.15) is 11.6 Å². The third-order valence-electron chi connectivity index (χ3n) is 5.48. The van der Waals surface area contributed by atoms with Crippen LogP contribution in [0.15, 0.2) is 66.9 Å². The Kier molecular flexibility index (Phi) is 6.75. The maximum absolute atomic E-state index is 13.4. The van der Waals surface area contributed by atoms with Gasteiger partial charge in [0.25, 0.3) is 5.91 Å². The second-order valence-corrected chi connectivity index (χ2v) is 7.73. The average molecular weight is 432 g/mol. The zero-order chi connectivity index (χ0) is 22.3. The van der Waals surface area contributed by atoms with Crippen LogP contribution in [0.2, 0.25) is 0 Å². The standard InChI is InChI=1S/C25H25FN4O2/c26-20-8-3-9-21(16-20)29-24-22(10-4-13-27-24)25(32)28-14-5-11-23(31)30-15-12-18-6-1-2-7-19(18)17-30/h1-4,6-10,13,16H,5,11-12,14-15,17H2,(H,27,29)(H,28,32). The summed E-state index contributed by atoms with van der Waals surface area (Å²) in [7, 11) is 0. The van der Waals surface area contributed by atoms with Gasteiger partial charge in [-0.25, -0.2) is 9.37 Å². The molecule has 2 N–H and O–H groups in total. The van der Waals surface area contributed by atoms with Crippen LogP contribution < -0.4 is 10.6 Å². The van der Waals surface area contributed by atoms with Gasteiger partial charge in [-0.1, -0.05) is 30.3 Å². The largest absolute Gasteiger partial charge is 0.352 e. The van der Waals surface area contributed by atoms with Gasteiger partial charge in [-0.05, 0) is 54.3 Å². The molecule has 32 heavy (non-hydrogen) atoms. The molecule has 2 amide bonds. The van der Waals surface area contributed by atoms with Crippen molar-refractivity contribution in [1.29, 1.82) is 0 Å². The Morgan fingerprint density at radius 3 is 2.72 bits per heavy atom. The molecular weight excluding hydrogens is 407 g/mol. The van der Waals surface area contributed by atoms with E-state index in [1.807, 2.05) is 17.0 Å². The number of hydrogen-bond donors (Lipinski definition) is 2. The average Bonchev–Trinajstić information content (AvgIpc) is 2.81. The van der Waals surface area contributed by atoms with Crippen LogP contribution >= 0.6 is 0 Å². The first-order valence-electron chi connectivity index (χ1n) is 10.7. The van der Waals surface area contributed by atoms with E-state index in [2.05, 4.69) is 27.8 Å². The first-order chi connectivity index (χ1) is 15.6. The van der Waals surface area contributed by atoms with Gasteiger partial charge < -0.3 is 15.5 Å². The van der Waals surface area contributed by atoms with Gasteiger partial charge in [-0.2, -0.15) is 0 Å². The van der Waals surface area contributed by atoms with Crippen LogP contribution in [0.25, 0.3) is 0 Å². The topological polar surface area (TPSA) is 74.3 Å². The summed E-state index contributed by atoms with van der Waals surface area (Å²) >= 11 is 0. The second-order valence-electron chi connectivity index (χ2n) is 7.73. The Balaban J connectivity index is 1.27. The van der Waals surface area contributed by atoms with E-state index in [-0.39, 0.29) is 17.6 Å². The number of amides is 2. The molecule has 164 valence electrons. The van der Waals surface area contributed by atoms with Crippen LogP contribution in [-0.2, 0) is 17.8 Å². The van der Waals surface area contributed by atoms with Crippen molar-refractivity contribution in [3.63, 3.8) is 0 Å². The first-order valence-corrected chi connectivity index (χ1v) is 10.7. The number of hydrogen-bond acceptors (Lipinski definition) is 4. The molecule has 0 bridgehead atoms. The summed E-state index contributed by atoms with van der Waals surface area (Å²) in [5, 5.41) is 5.83. The molecule has 0 aliphatic carbocycles. The molecule has 6 nitrogen and oxygen atoms in total. The van der Waals surface area contributed by atoms with E-state index in [1.165, 1.54) is 23.3 Å². The molecule has 2 aromatic carbocycles. The van der Waals surface area contributed by atoms with E-state index in [4.69, 9.17) is 0 Å². The lowest BCUT2D eigenvalue weighted by Crippen LogP contribution is -2.36. The molecule has 3 aromatic rings. The molecule has 0 unspecified atom stereocenters. The highest BCUT2D eigenvalue weighted by molar-refractivity contribution is 5.99. The fourth-order valence-corrected chi connectivity index (χ4v) is 3.79. The van der Waals surface area contributed by atoms with Gasteiger partial charge >= 0.3 is 0 Å². The fourth-order valence-electron chi connectivity index (χ4n) is 3.79. The van der Waals surface area contributed by atoms with E-state index < -0.39 is 0 Å². The molecule has 0 fully saturated rings. The summed E-state index contributed by atoms with van der Waals surface area (Å²) in [6.07, 6.45) is 3.37. The van der Waals surface area contributed by atoms with E-state index in [1.54, 1.807) is 30.5 Å². The van der Waals surface area contributed by atoms with Crippen molar-refractivity contribution < 1.29 is 14.0 Å². The number of nitrogens with zero attached hydrogens (tertiary/aromatic N) is 2. The summed E-state index contributed by atoms with van der Waals surface area (Å²) in [4.78, 5) is 31.3. The second kappa shape index (κ2) is 10.0. The van der Waals surface area contributed by atoms with Crippen molar-refractivity contribution in [2.45, 2.75) is 25.8 Å². The van der Waals surface area contributed by atoms with Crippen LogP contribution in [0, 0.1) is 5.82 Å². The van der Waals surface area contributed by atoms with Crippen molar-refractivity contribution in [1.82, 2.24) is 15.2 Å². The number of benzene rings is 2. The number of carbonyl (C=O) groups is 2. The summed E-state index contributed by atoms with van der Waals surface area (Å²) < 4.78 is 13.4. The number of carbonyl (C=O) groups excluding carboxylic acids is 2. The zero-order valence-corrected chi connectivity index (χ0v) is 17.7. The van der Waals surface area contributed by atoms with Gasteiger partial charge in [-0.3, -0.25) is 9.59 Å². The lowest BCUT2D eigenvalue weighted by Gasteiger charge is -2.29. The molecule has 1 aromatic heterocycles. The molecule has 0 atom stereocenters. The van der Waals surface area contributed by atoms with Gasteiger partial charge in [0.2, 0.25) is 5.91 Å². The quantitative estimate of drug-likeness (QED) is 0.552. The minimum Gasteiger partial charge on any atom is -0.352 e. The normalized spacial score (nSPS) is 12.7. The minimum atomic E-state index is -0.376. The number of pyridine rings is 1. The van der Waals surface area contributed by atoms with Crippen molar-refractivity contribution in [3.05, 3.63) is 89.4 Å². The van der Waals surface area contributed by atoms with Gasteiger partial charge in [0, 0.05) is 37.9 Å². The SMILES string of the molecule is O=C(NCCCC(=O)N1CCc2ccccc2C1)c1cccnc1Nc1cccc(F)c1. The Hall–Kier alpha value is -3.74. The van der Waals surface area contributed by atoms with Gasteiger partial charge in [-0.15, -0.1) is 0 Å². The van der Waals surface area contributed by atoms with Crippen molar-refractivity contribution >= 4 is 23.3 Å². The molecule has 4 rings (SSSR count). The molecular formula is C25H25FN4O2. The zero-order valence-electron chi connectivity index (χ0n) is 17.7. The van der Waals surface area contributed by atoms with E-state index in [0.717, 1.165) is 13.0 Å². The Morgan fingerprint density at radius 2 is 1.88 bits per heavy atom. The maximum Gasteiger partial charge on any atom is 0.255 e. The first kappa shape index (κ1) is 21.5. The van der Waals surface area contributed by atoms with E-state index in [0.29, 0.717) is 43.0 Å². The molecule has 0 spiro atoms. The van der Waals surface area contributed by atoms with Crippen LogP contribution in [0.3, 0.4) is 0 Å². The molecule has 0 radical (unpaired) electrons. The molecule has 1 aliphatic heterocycles. The van der Waals surface area contributed by atoms with Gasteiger partial charge in [0.15, 0.2) is 0 Å². The van der Waals surface area contributed by atoms with E-state index in [9.17, 15) is 14.0 Å². The van der Waals surface area contributed by atoms with Crippen LogP contribution in [-0.4, -0.2) is 34.8 Å². The lowest BCUT2D eigenvalue weighted by molar-refractivity contribution is -0.132. The third-order valence-corrected chi connectivity index (χ3v) is 5.48. The highest BCUT2D eigenvalue weighted by Crippen LogP contribution is 2.20. The number of nitrogens with one attached hydrogen (secondary N) is 2. The Bertz CT molecular complexity index is 1120.